The number of nitrogens with one attached hydrogen (secondary N) is 1. The van der Waals surface area contributed by atoms with Gasteiger partial charge in [-0.15, -0.1) is 11.3 Å². The minimum atomic E-state index is -0.920. The number of amides is 3. The molecule has 2 aliphatic rings. The lowest BCUT2D eigenvalue weighted by molar-refractivity contribution is -0.143. The third-order valence-corrected chi connectivity index (χ3v) is 13.5. The maximum absolute atomic E-state index is 14.2. The molecule has 2 aliphatic heterocycles. The number of rotatable bonds is 22. The number of aromatic nitrogens is 5. The van der Waals surface area contributed by atoms with Crippen LogP contribution in [0.5, 0.6) is 17.2 Å². The molecule has 0 bridgehead atoms. The van der Waals surface area contributed by atoms with E-state index in [1.807, 2.05) is 63.2 Å². The number of carbonyl (C=O) groups excluding carboxylic acids is 3. The summed E-state index contributed by atoms with van der Waals surface area (Å²) < 4.78 is 36.6. The zero-order chi connectivity index (χ0) is 51.0. The van der Waals surface area contributed by atoms with Gasteiger partial charge in [0.2, 0.25) is 17.7 Å². The number of hydrogen-bond donors (Lipinski definition) is 2. The molecule has 73 heavy (non-hydrogen) atoms. The first-order valence-electron chi connectivity index (χ1n) is 24.0. The predicted octanol–water partition coefficient (Wildman–Crippen LogP) is 5.74. The third-order valence-electron chi connectivity index (χ3n) is 12.5. The van der Waals surface area contributed by atoms with Crippen LogP contribution in [0.2, 0.25) is 0 Å². The van der Waals surface area contributed by atoms with E-state index in [9.17, 15) is 24.3 Å². The van der Waals surface area contributed by atoms with Gasteiger partial charge in [0.1, 0.15) is 60.4 Å². The molecule has 2 N–H and O–H groups in total. The van der Waals surface area contributed by atoms with Gasteiger partial charge in [-0.3, -0.25) is 24.2 Å². The molecule has 7 aromatic rings. The minimum Gasteiger partial charge on any atom is -0.491 e. The van der Waals surface area contributed by atoms with Crippen molar-refractivity contribution in [2.24, 2.45) is 13.0 Å². The van der Waals surface area contributed by atoms with E-state index in [1.165, 1.54) is 27.0 Å². The fraction of sp³-hybridized carbons (Fsp3) is 0.358. The van der Waals surface area contributed by atoms with Crippen LogP contribution < -0.4 is 25.1 Å². The standard InChI is InChI=1S/C53H56N8O11S/c1-32(2)48(61-28-36-7-5-6-8-41(36)52(61)65)53(66)60-29-38(62)24-44(60)50(64)55-26-35-10-9-34(49-33(3)56-31-73-49)23-46(35)70-22-20-68-18-17-67-19-21-69-40-12-11-37(54-27-40)30-71-39-13-15-45-43(25-39)57-51(72-45)42-14-16-47(63)59(4)58-42/h5-16,23,25,27,31-32,38,44,48,62H,17-22,24,26,28-30H2,1-4H3,(H,55,64)/t38-,44+,48?/m1/s1. The molecule has 3 amide bonds. The number of nitrogens with zero attached hydrogens (tertiary/aromatic N) is 7. The van der Waals surface area contributed by atoms with Crippen LogP contribution in [-0.4, -0.2) is 122 Å². The first kappa shape index (κ1) is 50.4. The van der Waals surface area contributed by atoms with Crippen molar-refractivity contribution in [2.75, 3.05) is 46.2 Å². The number of pyridine rings is 1. The van der Waals surface area contributed by atoms with Gasteiger partial charge in [-0.05, 0) is 66.4 Å². The summed E-state index contributed by atoms with van der Waals surface area (Å²) in [5.41, 5.74) is 7.82. The van der Waals surface area contributed by atoms with E-state index >= 15 is 0 Å². The lowest BCUT2D eigenvalue weighted by Crippen LogP contribution is -2.55. The molecule has 0 aliphatic carbocycles. The lowest BCUT2D eigenvalue weighted by Gasteiger charge is -2.35. The number of aliphatic hydroxyl groups is 1. The summed E-state index contributed by atoms with van der Waals surface area (Å²) in [6, 6.07) is 23.3. The fourth-order valence-electron chi connectivity index (χ4n) is 8.82. The van der Waals surface area contributed by atoms with Crippen molar-refractivity contribution < 1.29 is 47.6 Å². The molecule has 6 heterocycles. The maximum atomic E-state index is 14.2. The van der Waals surface area contributed by atoms with Crippen molar-refractivity contribution in [2.45, 2.75) is 65.1 Å². The Morgan fingerprint density at radius 1 is 0.890 bits per heavy atom. The molecule has 3 atom stereocenters. The second-order valence-corrected chi connectivity index (χ2v) is 18.9. The smallest absolute Gasteiger partial charge is 0.266 e. The number of aliphatic hydroxyl groups excluding tert-OH is 1. The summed E-state index contributed by atoms with van der Waals surface area (Å²) >= 11 is 1.52. The average molecular weight is 1010 g/mol. The Hall–Kier alpha value is -7.52. The van der Waals surface area contributed by atoms with Crippen molar-refractivity contribution in [3.63, 3.8) is 0 Å². The highest BCUT2D eigenvalue weighted by atomic mass is 32.1. The highest BCUT2D eigenvalue weighted by Gasteiger charge is 2.46. The SMILES string of the molecule is Cc1ncsc1-c1ccc(CNC(=O)[C@@H]2C[C@@H](O)CN2C(=O)C(C(C)C)N2Cc3ccccc3C2=O)c(OCCOCCOCCOc2ccc(COc3ccc4oc(-c5ccc(=O)n(C)n5)nc4c3)nc2)c1. The van der Waals surface area contributed by atoms with Gasteiger partial charge in [0, 0.05) is 56.4 Å². The minimum absolute atomic E-state index is 0.00825. The summed E-state index contributed by atoms with van der Waals surface area (Å²) in [6.07, 6.45) is 0.819. The van der Waals surface area contributed by atoms with Crippen molar-refractivity contribution in [3.8, 4) is 39.3 Å². The van der Waals surface area contributed by atoms with Crippen molar-refractivity contribution >= 4 is 40.2 Å². The number of likely N-dealkylation sites (tertiary alicyclic amines) is 1. The Balaban J connectivity index is 0.703. The molecular weight excluding hydrogens is 957 g/mol. The molecule has 1 fully saturated rings. The van der Waals surface area contributed by atoms with Gasteiger partial charge >= 0.3 is 0 Å². The average Bonchev–Trinajstić information content (AvgIpc) is 4.19. The van der Waals surface area contributed by atoms with Gasteiger partial charge in [0.25, 0.3) is 11.5 Å². The monoisotopic (exact) mass is 1010 g/mol. The van der Waals surface area contributed by atoms with Crippen LogP contribution in [0.3, 0.4) is 0 Å². The normalized spacial score (nSPS) is 15.8. The molecule has 19 nitrogen and oxygen atoms in total. The van der Waals surface area contributed by atoms with Crippen LogP contribution in [0.4, 0.5) is 0 Å². The van der Waals surface area contributed by atoms with Crippen LogP contribution in [0, 0.1) is 12.8 Å². The van der Waals surface area contributed by atoms with E-state index < -0.39 is 24.1 Å². The summed E-state index contributed by atoms with van der Waals surface area (Å²) in [4.78, 5) is 70.6. The van der Waals surface area contributed by atoms with Gasteiger partial charge < -0.3 is 48.3 Å². The molecule has 4 aromatic heterocycles. The molecule has 3 aromatic carbocycles. The molecule has 0 spiro atoms. The van der Waals surface area contributed by atoms with Crippen molar-refractivity contribution in [1.82, 2.24) is 39.8 Å². The quantitative estimate of drug-likeness (QED) is 0.0773. The maximum Gasteiger partial charge on any atom is 0.266 e. The van der Waals surface area contributed by atoms with E-state index in [2.05, 4.69) is 25.4 Å². The number of benzene rings is 3. The first-order chi connectivity index (χ1) is 35.4. The number of oxazole rings is 1. The van der Waals surface area contributed by atoms with Gasteiger partial charge in [0.15, 0.2) is 5.58 Å². The van der Waals surface area contributed by atoms with Gasteiger partial charge in [0.05, 0.1) is 60.5 Å². The van der Waals surface area contributed by atoms with E-state index in [-0.39, 0.29) is 62.6 Å². The number of aryl methyl sites for hydroxylation is 2. The van der Waals surface area contributed by atoms with Crippen LogP contribution in [-0.2, 0) is 45.8 Å². The van der Waals surface area contributed by atoms with Crippen LogP contribution in [0.15, 0.2) is 106 Å². The molecule has 380 valence electrons. The number of thiazole rings is 1. The van der Waals surface area contributed by atoms with Crippen LogP contribution in [0.1, 0.15) is 53.1 Å². The zero-order valence-corrected chi connectivity index (χ0v) is 41.7. The van der Waals surface area contributed by atoms with Gasteiger partial charge in [-0.2, -0.15) is 5.10 Å². The first-order valence-corrected chi connectivity index (χ1v) is 24.9. The van der Waals surface area contributed by atoms with E-state index in [0.29, 0.717) is 89.7 Å². The molecular formula is C53H56N8O11S. The highest BCUT2D eigenvalue weighted by molar-refractivity contribution is 7.13. The molecule has 0 saturated carbocycles. The number of β-amino-alcohol motifs (C(OH)–C–C–N with tert-alkyl or cyclic N) is 1. The number of hydrogen-bond acceptors (Lipinski definition) is 16. The van der Waals surface area contributed by atoms with Crippen LogP contribution >= 0.6 is 11.3 Å². The summed E-state index contributed by atoms with van der Waals surface area (Å²) in [7, 11) is 1.56. The topological polar surface area (TPSA) is 223 Å². The Labute approximate surface area is 424 Å². The summed E-state index contributed by atoms with van der Waals surface area (Å²) in [5.74, 6) is 0.814. The van der Waals surface area contributed by atoms with Gasteiger partial charge in [-0.1, -0.05) is 44.2 Å². The highest BCUT2D eigenvalue weighted by Crippen LogP contribution is 2.34. The summed E-state index contributed by atoms with van der Waals surface area (Å²) in [5, 5.41) is 17.9. The Morgan fingerprint density at radius 3 is 2.41 bits per heavy atom. The molecule has 0 radical (unpaired) electrons. The summed E-state index contributed by atoms with van der Waals surface area (Å²) in [6.45, 7) is 8.17. The van der Waals surface area contributed by atoms with Gasteiger partial charge in [-0.25, -0.2) is 14.6 Å². The lowest BCUT2D eigenvalue weighted by atomic mass is 10.0. The van der Waals surface area contributed by atoms with Crippen molar-refractivity contribution in [3.05, 3.63) is 135 Å². The number of carbonyl (C=O) groups is 3. The van der Waals surface area contributed by atoms with E-state index in [4.69, 9.17) is 28.1 Å². The molecule has 1 saturated heterocycles. The van der Waals surface area contributed by atoms with E-state index in [1.54, 1.807) is 60.1 Å². The Bertz CT molecular complexity index is 3140. The Morgan fingerprint density at radius 2 is 1.67 bits per heavy atom. The van der Waals surface area contributed by atoms with Crippen LogP contribution in [0.25, 0.3) is 33.1 Å². The third kappa shape index (κ3) is 11.9. The van der Waals surface area contributed by atoms with E-state index in [0.717, 1.165) is 21.7 Å². The zero-order valence-electron chi connectivity index (χ0n) is 40.9. The fourth-order valence-corrected chi connectivity index (χ4v) is 9.63. The second-order valence-electron chi connectivity index (χ2n) is 18.0. The second kappa shape index (κ2) is 22.9. The molecule has 1 unspecified atom stereocenters. The number of ether oxygens (including phenoxy) is 5. The van der Waals surface area contributed by atoms with Crippen molar-refractivity contribution in [1.29, 1.82) is 0 Å². The predicted molar refractivity (Wildman–Crippen MR) is 269 cm³/mol. The molecule has 20 heteroatoms. The Kier molecular flexibility index (Phi) is 15.8. The molecule has 9 rings (SSSR count). The number of fused-ring (bicyclic) bond motifs is 2. The largest absolute Gasteiger partial charge is 0.491 e.